The Balaban J connectivity index is 3.70. The molecule has 0 atom stereocenters. The van der Waals surface area contributed by atoms with E-state index in [0.29, 0.717) is 5.12 Å². The molecule has 0 aromatic rings. The van der Waals surface area contributed by atoms with Crippen LogP contribution in [0.1, 0.15) is 40.5 Å². The van der Waals surface area contributed by atoms with Crippen LogP contribution in [0, 0.1) is 5.92 Å². The minimum Gasteiger partial charge on any atom is -0.303 e. The second kappa shape index (κ2) is 9.22. The lowest BCUT2D eigenvalue weighted by molar-refractivity contribution is -0.114. The molecule has 0 aromatic carbocycles. The van der Waals surface area contributed by atoms with Gasteiger partial charge >= 0.3 is 0 Å². The van der Waals surface area contributed by atoms with Crippen molar-refractivity contribution < 1.29 is 4.79 Å². The molecule has 0 fully saturated rings. The molecule has 0 bridgehead atoms. The average Bonchev–Trinajstić information content (AvgIpc) is 2.26. The van der Waals surface area contributed by atoms with E-state index in [1.165, 1.54) is 11.8 Å². The van der Waals surface area contributed by atoms with Crippen LogP contribution in [0.2, 0.25) is 0 Å². The van der Waals surface area contributed by atoms with Crippen molar-refractivity contribution in [3.63, 3.8) is 0 Å². The van der Waals surface area contributed by atoms with Crippen molar-refractivity contribution in [2.24, 2.45) is 5.92 Å². The van der Waals surface area contributed by atoms with Crippen molar-refractivity contribution in [3.8, 4) is 0 Å². The van der Waals surface area contributed by atoms with Crippen molar-refractivity contribution in [1.82, 2.24) is 4.90 Å². The summed E-state index contributed by atoms with van der Waals surface area (Å²) in [6, 6.07) is 0. The number of nitrogens with zero attached hydrogens (tertiary/aromatic N) is 1. The Bertz CT molecular complexity index is 165. The Morgan fingerprint density at radius 2 is 1.67 bits per heavy atom. The van der Waals surface area contributed by atoms with E-state index in [-0.39, 0.29) is 5.92 Å². The summed E-state index contributed by atoms with van der Waals surface area (Å²) in [5.41, 5.74) is 0. The molecule has 0 heterocycles. The van der Waals surface area contributed by atoms with Gasteiger partial charge in [0.1, 0.15) is 0 Å². The largest absolute Gasteiger partial charge is 0.303 e. The Morgan fingerprint density at radius 1 is 1.13 bits per heavy atom. The topological polar surface area (TPSA) is 20.3 Å². The molecule has 2 nitrogen and oxygen atoms in total. The van der Waals surface area contributed by atoms with Gasteiger partial charge in [-0.3, -0.25) is 4.79 Å². The van der Waals surface area contributed by atoms with Gasteiger partial charge in [0.2, 0.25) is 0 Å². The van der Waals surface area contributed by atoms with Crippen LogP contribution in [0.3, 0.4) is 0 Å². The molecular weight excluding hydrogens is 206 g/mol. The maximum absolute atomic E-state index is 11.7. The van der Waals surface area contributed by atoms with Crippen molar-refractivity contribution >= 4 is 16.9 Å². The van der Waals surface area contributed by atoms with Gasteiger partial charge in [-0.1, -0.05) is 39.5 Å². The van der Waals surface area contributed by atoms with E-state index in [0.717, 1.165) is 38.2 Å². The number of thioether (sulfide) groups is 1. The predicted octanol–water partition coefficient (Wildman–Crippen LogP) is 3.02. The van der Waals surface area contributed by atoms with E-state index in [4.69, 9.17) is 0 Å². The number of rotatable bonds is 8. The zero-order valence-corrected chi connectivity index (χ0v) is 11.4. The monoisotopic (exact) mass is 231 g/mol. The molecule has 0 amide bonds. The van der Waals surface area contributed by atoms with Crippen LogP contribution < -0.4 is 0 Å². The molecule has 0 radical (unpaired) electrons. The first kappa shape index (κ1) is 15.0. The molecule has 0 unspecified atom stereocenters. The number of hydrogen-bond acceptors (Lipinski definition) is 3. The molecule has 0 saturated heterocycles. The van der Waals surface area contributed by atoms with Crippen molar-refractivity contribution in [3.05, 3.63) is 0 Å². The Kier molecular flexibility index (Phi) is 9.21. The third kappa shape index (κ3) is 6.21. The summed E-state index contributed by atoms with van der Waals surface area (Å²) in [6.07, 6.45) is 1.96. The average molecular weight is 231 g/mol. The van der Waals surface area contributed by atoms with Crippen LogP contribution in [0.5, 0.6) is 0 Å². The first-order valence-electron chi connectivity index (χ1n) is 6.08. The lowest BCUT2D eigenvalue weighted by Gasteiger charge is -2.17. The molecule has 3 heteroatoms. The molecule has 0 aliphatic rings. The summed E-state index contributed by atoms with van der Waals surface area (Å²) < 4.78 is 0. The summed E-state index contributed by atoms with van der Waals surface area (Å²) >= 11 is 1.51. The third-order valence-electron chi connectivity index (χ3n) is 2.87. The molecule has 15 heavy (non-hydrogen) atoms. The first-order chi connectivity index (χ1) is 7.19. The van der Waals surface area contributed by atoms with Crippen LogP contribution in [0.4, 0.5) is 0 Å². The normalized spacial score (nSPS) is 11.3. The van der Waals surface area contributed by atoms with E-state index in [9.17, 15) is 4.79 Å². The molecule has 0 N–H and O–H groups in total. The lowest BCUT2D eigenvalue weighted by Crippen LogP contribution is -2.26. The van der Waals surface area contributed by atoms with E-state index in [1.807, 2.05) is 0 Å². The van der Waals surface area contributed by atoms with Crippen LogP contribution in [0.25, 0.3) is 0 Å². The third-order valence-corrected chi connectivity index (χ3v) is 3.87. The molecular formula is C12H25NOS. The lowest BCUT2D eigenvalue weighted by atomic mass is 10.1. The molecule has 90 valence electrons. The van der Waals surface area contributed by atoms with Crippen molar-refractivity contribution in [2.45, 2.75) is 40.5 Å². The van der Waals surface area contributed by atoms with E-state index in [2.05, 4.69) is 32.6 Å². The van der Waals surface area contributed by atoms with Crippen LogP contribution in [-0.2, 0) is 4.79 Å². The zero-order chi connectivity index (χ0) is 11.7. The van der Waals surface area contributed by atoms with Crippen molar-refractivity contribution in [2.75, 3.05) is 25.4 Å². The summed E-state index contributed by atoms with van der Waals surface area (Å²) in [4.78, 5) is 14.1. The van der Waals surface area contributed by atoms with Gasteiger partial charge in [-0.05, 0) is 25.9 Å². The van der Waals surface area contributed by atoms with Gasteiger partial charge < -0.3 is 4.90 Å². The van der Waals surface area contributed by atoms with Gasteiger partial charge in [0, 0.05) is 18.2 Å². The van der Waals surface area contributed by atoms with Gasteiger partial charge in [-0.25, -0.2) is 0 Å². The Hall–Kier alpha value is -0.0200. The molecule has 0 rings (SSSR count). The molecule has 0 saturated carbocycles. The van der Waals surface area contributed by atoms with Gasteiger partial charge in [-0.15, -0.1) is 0 Å². The Labute approximate surface area is 98.8 Å². The maximum Gasteiger partial charge on any atom is 0.192 e. The van der Waals surface area contributed by atoms with Crippen LogP contribution >= 0.6 is 11.8 Å². The van der Waals surface area contributed by atoms with E-state index >= 15 is 0 Å². The van der Waals surface area contributed by atoms with Crippen LogP contribution in [-0.4, -0.2) is 35.4 Å². The summed E-state index contributed by atoms with van der Waals surface area (Å²) in [5.74, 6) is 1.21. The smallest absolute Gasteiger partial charge is 0.192 e. The second-order valence-electron chi connectivity index (χ2n) is 3.71. The maximum atomic E-state index is 11.7. The highest BCUT2D eigenvalue weighted by Gasteiger charge is 2.14. The van der Waals surface area contributed by atoms with E-state index < -0.39 is 0 Å². The standard InChI is InChI=1S/C12H25NOS/c1-5-11(6-2)12(14)15-10-9-13(7-3)8-4/h11H,5-10H2,1-4H3. The fraction of sp³-hybridized carbons (Fsp3) is 0.917. The first-order valence-corrected chi connectivity index (χ1v) is 7.06. The number of carbonyl (C=O) groups is 1. The summed E-state index contributed by atoms with van der Waals surface area (Å²) in [6.45, 7) is 11.7. The number of carbonyl (C=O) groups excluding carboxylic acids is 1. The van der Waals surface area contributed by atoms with Gasteiger partial charge in [0.05, 0.1) is 0 Å². The SMILES string of the molecule is CCC(CC)C(=O)SCCN(CC)CC. The highest BCUT2D eigenvalue weighted by molar-refractivity contribution is 8.13. The predicted molar refractivity (Wildman–Crippen MR) is 69.3 cm³/mol. The second-order valence-corrected chi connectivity index (χ2v) is 4.81. The molecule has 0 aliphatic carbocycles. The quantitative estimate of drug-likeness (QED) is 0.640. The van der Waals surface area contributed by atoms with Gasteiger partial charge in [-0.2, -0.15) is 0 Å². The fourth-order valence-corrected chi connectivity index (χ4v) is 2.67. The molecule has 0 aromatic heterocycles. The van der Waals surface area contributed by atoms with Gasteiger partial charge in [0.15, 0.2) is 5.12 Å². The zero-order valence-electron chi connectivity index (χ0n) is 10.6. The summed E-state index contributed by atoms with van der Waals surface area (Å²) in [7, 11) is 0. The molecule has 0 aliphatic heterocycles. The molecule has 0 spiro atoms. The van der Waals surface area contributed by atoms with Crippen molar-refractivity contribution in [1.29, 1.82) is 0 Å². The minimum atomic E-state index is 0.270. The van der Waals surface area contributed by atoms with E-state index in [1.54, 1.807) is 0 Å². The Morgan fingerprint density at radius 3 is 2.07 bits per heavy atom. The van der Waals surface area contributed by atoms with Crippen LogP contribution in [0.15, 0.2) is 0 Å². The fourth-order valence-electron chi connectivity index (χ4n) is 1.56. The van der Waals surface area contributed by atoms with Gasteiger partial charge in [0.25, 0.3) is 0 Å². The number of hydrogen-bond donors (Lipinski definition) is 0. The minimum absolute atomic E-state index is 0.270. The highest BCUT2D eigenvalue weighted by atomic mass is 32.2. The summed E-state index contributed by atoms with van der Waals surface area (Å²) in [5, 5.41) is 0.382. The highest BCUT2D eigenvalue weighted by Crippen LogP contribution is 2.17.